The third kappa shape index (κ3) is 4.69. The number of thioether (sulfide) groups is 1. The van der Waals surface area contributed by atoms with Crippen molar-refractivity contribution in [2.75, 3.05) is 18.8 Å². The molecule has 0 aliphatic carbocycles. The summed E-state index contributed by atoms with van der Waals surface area (Å²) in [5.41, 5.74) is -0.0614. The number of nitrogens with zero attached hydrogens (tertiary/aromatic N) is 3. The Balaban J connectivity index is 1.78. The number of hydrogen-bond acceptors (Lipinski definition) is 7. The molecule has 166 valence electrons. The van der Waals surface area contributed by atoms with E-state index < -0.39 is 35.0 Å². The molecule has 0 unspecified atom stereocenters. The van der Waals surface area contributed by atoms with Gasteiger partial charge in [-0.25, -0.2) is 9.59 Å². The number of nitriles is 1. The molecule has 10 nitrogen and oxygen atoms in total. The Labute approximate surface area is 183 Å². The molecular formula is C20H24N4O6S. The number of allylic oxidation sites excluding steroid dienone is 1. The van der Waals surface area contributed by atoms with Crippen LogP contribution in [0.4, 0.5) is 4.79 Å². The average molecular weight is 449 g/mol. The van der Waals surface area contributed by atoms with Crippen molar-refractivity contribution < 1.29 is 29.0 Å². The van der Waals surface area contributed by atoms with Crippen molar-refractivity contribution in [3.63, 3.8) is 0 Å². The van der Waals surface area contributed by atoms with Crippen molar-refractivity contribution in [2.45, 2.75) is 50.6 Å². The van der Waals surface area contributed by atoms with Crippen molar-refractivity contribution in [2.24, 2.45) is 0 Å². The molecule has 0 spiro atoms. The number of amides is 3. The highest BCUT2D eigenvalue weighted by molar-refractivity contribution is 8.00. The molecule has 2 atom stereocenters. The van der Waals surface area contributed by atoms with Crippen LogP contribution in [0.2, 0.25) is 0 Å². The number of ether oxygens (including phenoxy) is 1. The summed E-state index contributed by atoms with van der Waals surface area (Å²) in [7, 11) is 0. The molecule has 2 fully saturated rings. The molecule has 0 radical (unpaired) electrons. The third-order valence-corrected chi connectivity index (χ3v) is 6.23. The number of β-lactam (4-membered cyclic amide) rings is 1. The quantitative estimate of drug-likeness (QED) is 0.472. The molecule has 0 bridgehead atoms. The lowest BCUT2D eigenvalue weighted by Crippen LogP contribution is -2.70. The van der Waals surface area contributed by atoms with Crippen molar-refractivity contribution in [1.82, 2.24) is 15.1 Å². The molecule has 11 heteroatoms. The summed E-state index contributed by atoms with van der Waals surface area (Å²) in [5.74, 6) is -1.76. The fourth-order valence-electron chi connectivity index (χ4n) is 3.60. The number of hydrogen-bond donors (Lipinski definition) is 2. The van der Waals surface area contributed by atoms with E-state index in [1.807, 2.05) is 6.07 Å². The van der Waals surface area contributed by atoms with Crippen LogP contribution in [0.15, 0.2) is 22.9 Å². The number of likely N-dealkylation sites (tertiary alicyclic amines) is 1. The number of carbonyl (C=O) groups is 4. The normalized spacial score (nSPS) is 24.6. The largest absolute Gasteiger partial charge is 0.477 e. The van der Waals surface area contributed by atoms with Gasteiger partial charge in [-0.05, 0) is 38.8 Å². The summed E-state index contributed by atoms with van der Waals surface area (Å²) in [5, 5.41) is 20.4. The zero-order valence-electron chi connectivity index (χ0n) is 17.5. The van der Waals surface area contributed by atoms with Gasteiger partial charge >= 0.3 is 12.1 Å². The highest BCUT2D eigenvalue weighted by atomic mass is 32.2. The number of aliphatic carboxylic acids is 1. The molecule has 0 aromatic rings. The van der Waals surface area contributed by atoms with E-state index in [-0.39, 0.29) is 23.8 Å². The number of fused-ring (bicyclic) bond motifs is 1. The van der Waals surface area contributed by atoms with Crippen molar-refractivity contribution in [1.29, 1.82) is 5.26 Å². The first-order chi connectivity index (χ1) is 14.5. The van der Waals surface area contributed by atoms with E-state index in [9.17, 15) is 24.3 Å². The Kier molecular flexibility index (Phi) is 6.31. The van der Waals surface area contributed by atoms with Gasteiger partial charge in [-0.15, -0.1) is 11.8 Å². The van der Waals surface area contributed by atoms with Crippen LogP contribution in [0.5, 0.6) is 0 Å². The summed E-state index contributed by atoms with van der Waals surface area (Å²) in [6, 6.07) is 1.12. The second-order valence-corrected chi connectivity index (χ2v) is 9.44. The van der Waals surface area contributed by atoms with Gasteiger partial charge < -0.3 is 20.1 Å². The Morgan fingerprint density at radius 1 is 1.39 bits per heavy atom. The maximum atomic E-state index is 12.6. The van der Waals surface area contributed by atoms with Gasteiger partial charge in [0.1, 0.15) is 22.7 Å². The standard InChI is InChI=1S/C20H24N4O6S/c1-20(2,3)30-19(29)22-13-16(26)24-14(18(27)28)12(10-31-17(13)24)9-11-5-8-23(15(11)25)7-4-6-21/h9,13,17H,4-5,7-8,10H2,1-3H3,(H,22,29)(H,27,28)/b11-9+/t13-,17-/m1/s1. The number of rotatable bonds is 5. The molecule has 3 rings (SSSR count). The highest BCUT2D eigenvalue weighted by Gasteiger charge is 2.54. The van der Waals surface area contributed by atoms with Gasteiger partial charge in [-0.3, -0.25) is 14.5 Å². The number of carboxylic acids is 1. The summed E-state index contributed by atoms with van der Waals surface area (Å²) in [6.07, 6.45) is 1.48. The van der Waals surface area contributed by atoms with Crippen LogP contribution in [0.1, 0.15) is 33.6 Å². The summed E-state index contributed by atoms with van der Waals surface area (Å²) < 4.78 is 5.18. The van der Waals surface area contributed by atoms with Crippen molar-refractivity contribution in [3.8, 4) is 6.07 Å². The fraction of sp³-hybridized carbons (Fsp3) is 0.550. The molecule has 2 saturated heterocycles. The zero-order chi connectivity index (χ0) is 22.9. The molecule has 3 heterocycles. The third-order valence-electron chi connectivity index (χ3n) is 4.93. The topological polar surface area (TPSA) is 140 Å². The minimum atomic E-state index is -1.27. The molecule has 3 aliphatic rings. The van der Waals surface area contributed by atoms with Crippen LogP contribution in [-0.4, -0.2) is 74.6 Å². The van der Waals surface area contributed by atoms with E-state index in [1.165, 1.54) is 11.8 Å². The van der Waals surface area contributed by atoms with Gasteiger partial charge in [0.25, 0.3) is 5.91 Å². The zero-order valence-corrected chi connectivity index (χ0v) is 18.3. The fourth-order valence-corrected chi connectivity index (χ4v) is 4.90. The first-order valence-corrected chi connectivity index (χ1v) is 10.9. The number of carboxylic acid groups (broad SMARTS) is 1. The van der Waals surface area contributed by atoms with Crippen LogP contribution < -0.4 is 5.32 Å². The molecule has 2 N–H and O–H groups in total. The summed E-state index contributed by atoms with van der Waals surface area (Å²) in [4.78, 5) is 51.8. The van der Waals surface area contributed by atoms with Crippen LogP contribution in [0.3, 0.4) is 0 Å². The van der Waals surface area contributed by atoms with E-state index in [2.05, 4.69) is 5.32 Å². The summed E-state index contributed by atoms with van der Waals surface area (Å²) >= 11 is 1.31. The maximum absolute atomic E-state index is 12.6. The number of alkyl carbamates (subject to hydrolysis) is 1. The second-order valence-electron chi connectivity index (χ2n) is 8.33. The van der Waals surface area contributed by atoms with E-state index in [0.29, 0.717) is 30.7 Å². The number of nitrogens with one attached hydrogen (secondary N) is 1. The first kappa shape index (κ1) is 22.7. The SMILES string of the molecule is CC(C)(C)OC(=O)N[C@@H]1C(=O)N2C(C(=O)O)=C(/C=C3\CCN(CCC#N)C3=O)CS[C@H]12. The highest BCUT2D eigenvalue weighted by Crippen LogP contribution is 2.41. The number of carbonyl (C=O) groups excluding carboxylic acids is 3. The lowest BCUT2D eigenvalue weighted by atomic mass is 10.0. The van der Waals surface area contributed by atoms with E-state index in [4.69, 9.17) is 10.00 Å². The summed E-state index contributed by atoms with van der Waals surface area (Å²) in [6.45, 7) is 5.91. The minimum Gasteiger partial charge on any atom is -0.477 e. The van der Waals surface area contributed by atoms with Gasteiger partial charge in [-0.2, -0.15) is 5.26 Å². The molecular weight excluding hydrogens is 424 g/mol. The van der Waals surface area contributed by atoms with E-state index in [0.717, 1.165) is 4.90 Å². The Morgan fingerprint density at radius 3 is 2.71 bits per heavy atom. The van der Waals surface area contributed by atoms with Gasteiger partial charge in [0.2, 0.25) is 5.91 Å². The van der Waals surface area contributed by atoms with Gasteiger partial charge in [0.05, 0.1) is 12.5 Å². The maximum Gasteiger partial charge on any atom is 0.408 e. The van der Waals surface area contributed by atoms with Gasteiger partial charge in [0, 0.05) is 24.4 Å². The van der Waals surface area contributed by atoms with Crippen LogP contribution in [-0.2, 0) is 19.1 Å². The lowest BCUT2D eigenvalue weighted by Gasteiger charge is -2.49. The van der Waals surface area contributed by atoms with E-state index >= 15 is 0 Å². The molecule has 3 aliphatic heterocycles. The molecule has 0 aromatic heterocycles. The predicted molar refractivity (Wildman–Crippen MR) is 110 cm³/mol. The molecule has 31 heavy (non-hydrogen) atoms. The van der Waals surface area contributed by atoms with Crippen LogP contribution in [0, 0.1) is 11.3 Å². The Morgan fingerprint density at radius 2 is 2.10 bits per heavy atom. The lowest BCUT2D eigenvalue weighted by molar-refractivity contribution is -0.149. The van der Waals surface area contributed by atoms with E-state index in [1.54, 1.807) is 31.7 Å². The smallest absolute Gasteiger partial charge is 0.408 e. The Hall–Kier alpha value is -3.00. The van der Waals surface area contributed by atoms with Crippen LogP contribution >= 0.6 is 11.8 Å². The predicted octanol–water partition coefficient (Wildman–Crippen LogP) is 1.21. The van der Waals surface area contributed by atoms with Crippen molar-refractivity contribution in [3.05, 3.63) is 22.9 Å². The monoisotopic (exact) mass is 448 g/mol. The average Bonchev–Trinajstić information content (AvgIpc) is 3.02. The minimum absolute atomic E-state index is 0.174. The second kappa shape index (κ2) is 8.63. The molecule has 0 saturated carbocycles. The molecule has 3 amide bonds. The molecule has 0 aromatic carbocycles. The van der Waals surface area contributed by atoms with Crippen LogP contribution in [0.25, 0.3) is 0 Å². The Bertz CT molecular complexity index is 929. The first-order valence-electron chi connectivity index (χ1n) is 9.81. The van der Waals surface area contributed by atoms with Crippen molar-refractivity contribution >= 4 is 35.6 Å². The van der Waals surface area contributed by atoms with Gasteiger partial charge in [0.15, 0.2) is 0 Å². The van der Waals surface area contributed by atoms with Gasteiger partial charge in [-0.1, -0.05) is 0 Å².